The molecule has 0 saturated carbocycles. The van der Waals surface area contributed by atoms with Gasteiger partial charge in [0.2, 0.25) is 0 Å². The molecule has 2 aromatic rings. The lowest BCUT2D eigenvalue weighted by Gasteiger charge is -2.15. The molecule has 7 heteroatoms. The fourth-order valence-corrected chi connectivity index (χ4v) is 2.57. The van der Waals surface area contributed by atoms with Gasteiger partial charge in [-0.2, -0.15) is 0 Å². The highest BCUT2D eigenvalue weighted by molar-refractivity contribution is 5.96. The first-order valence-electron chi connectivity index (χ1n) is 8.98. The van der Waals surface area contributed by atoms with Crippen molar-refractivity contribution >= 4 is 23.5 Å². The van der Waals surface area contributed by atoms with Crippen LogP contribution >= 0.6 is 0 Å². The van der Waals surface area contributed by atoms with E-state index in [0.29, 0.717) is 5.69 Å². The molecule has 3 N–H and O–H groups in total. The van der Waals surface area contributed by atoms with E-state index in [1.165, 1.54) is 12.1 Å². The fourth-order valence-electron chi connectivity index (χ4n) is 2.57. The standard InChI is InChI=1S/C21H24N2O5/c1-3-14(2)15-8-4-6-10-17(15)23-19(24)12-28-20(25)13-27-18-11-7-5-9-16(18)21(22)26/h4-11,14H,3,12-13H2,1-2H3,(H2,22,26)(H,23,24)/t14-/m1/s1. The van der Waals surface area contributed by atoms with Crippen LogP contribution in [0.15, 0.2) is 48.5 Å². The number of carbonyl (C=O) groups is 3. The summed E-state index contributed by atoms with van der Waals surface area (Å²) >= 11 is 0. The molecule has 1 atom stereocenters. The normalized spacial score (nSPS) is 11.4. The van der Waals surface area contributed by atoms with E-state index in [9.17, 15) is 14.4 Å². The molecule has 0 radical (unpaired) electrons. The Balaban J connectivity index is 1.85. The van der Waals surface area contributed by atoms with E-state index >= 15 is 0 Å². The molecule has 28 heavy (non-hydrogen) atoms. The first kappa shape index (κ1) is 21.0. The van der Waals surface area contributed by atoms with Crippen LogP contribution in [0.5, 0.6) is 5.75 Å². The van der Waals surface area contributed by atoms with Crippen molar-refractivity contribution < 1.29 is 23.9 Å². The number of amides is 2. The number of carbonyl (C=O) groups excluding carboxylic acids is 3. The third kappa shape index (κ3) is 5.84. The summed E-state index contributed by atoms with van der Waals surface area (Å²) in [6.07, 6.45) is 0.936. The average Bonchev–Trinajstić information content (AvgIpc) is 2.70. The number of primary amides is 1. The third-order valence-electron chi connectivity index (χ3n) is 4.24. The monoisotopic (exact) mass is 384 g/mol. The van der Waals surface area contributed by atoms with Gasteiger partial charge in [-0.05, 0) is 36.1 Å². The van der Waals surface area contributed by atoms with Gasteiger partial charge in [0.1, 0.15) is 5.75 Å². The van der Waals surface area contributed by atoms with Gasteiger partial charge in [-0.3, -0.25) is 9.59 Å². The summed E-state index contributed by atoms with van der Waals surface area (Å²) in [5, 5.41) is 2.76. The summed E-state index contributed by atoms with van der Waals surface area (Å²) in [5.41, 5.74) is 7.13. The Hall–Kier alpha value is -3.35. The topological polar surface area (TPSA) is 108 Å². The van der Waals surface area contributed by atoms with Crippen LogP contribution in [0.4, 0.5) is 5.69 Å². The maximum Gasteiger partial charge on any atom is 0.344 e. The Bertz CT molecular complexity index is 850. The molecule has 2 amide bonds. The van der Waals surface area contributed by atoms with Crippen molar-refractivity contribution in [3.8, 4) is 5.75 Å². The predicted octanol–water partition coefficient (Wildman–Crippen LogP) is 2.86. The van der Waals surface area contributed by atoms with Crippen LogP contribution in [0.3, 0.4) is 0 Å². The quantitative estimate of drug-likeness (QED) is 0.647. The van der Waals surface area contributed by atoms with Crippen molar-refractivity contribution in [3.63, 3.8) is 0 Å². The maximum absolute atomic E-state index is 12.1. The Labute approximate surface area is 163 Å². The minimum Gasteiger partial charge on any atom is -0.481 e. The molecule has 0 saturated heterocycles. The molecule has 0 spiro atoms. The lowest BCUT2D eigenvalue weighted by Crippen LogP contribution is -2.24. The second kappa shape index (κ2) is 10.1. The molecular formula is C21H24N2O5. The first-order valence-corrected chi connectivity index (χ1v) is 8.98. The largest absolute Gasteiger partial charge is 0.481 e. The van der Waals surface area contributed by atoms with E-state index in [2.05, 4.69) is 19.2 Å². The lowest BCUT2D eigenvalue weighted by molar-refractivity contribution is -0.149. The molecule has 0 bridgehead atoms. The highest BCUT2D eigenvalue weighted by Crippen LogP contribution is 2.26. The van der Waals surface area contributed by atoms with Gasteiger partial charge in [-0.25, -0.2) is 4.79 Å². The lowest BCUT2D eigenvalue weighted by atomic mass is 9.97. The summed E-state index contributed by atoms with van der Waals surface area (Å²) in [5.74, 6) is -1.37. The van der Waals surface area contributed by atoms with Gasteiger partial charge >= 0.3 is 5.97 Å². The number of hydrogen-bond acceptors (Lipinski definition) is 5. The molecule has 0 heterocycles. The summed E-state index contributed by atoms with van der Waals surface area (Å²) in [4.78, 5) is 35.3. The van der Waals surface area contributed by atoms with E-state index in [4.69, 9.17) is 15.2 Å². The average molecular weight is 384 g/mol. The number of nitrogens with one attached hydrogen (secondary N) is 1. The number of benzene rings is 2. The molecule has 0 aliphatic heterocycles. The van der Waals surface area contributed by atoms with Gasteiger partial charge in [-0.1, -0.05) is 44.2 Å². The SMILES string of the molecule is CC[C@@H](C)c1ccccc1NC(=O)COC(=O)COc1ccccc1C(N)=O. The molecule has 7 nitrogen and oxygen atoms in total. The van der Waals surface area contributed by atoms with Crippen molar-refractivity contribution in [1.29, 1.82) is 0 Å². The number of esters is 1. The van der Waals surface area contributed by atoms with Crippen LogP contribution in [0, 0.1) is 0 Å². The van der Waals surface area contributed by atoms with Crippen LogP contribution in [-0.4, -0.2) is 31.0 Å². The highest BCUT2D eigenvalue weighted by atomic mass is 16.6. The Morgan fingerprint density at radius 1 is 1.04 bits per heavy atom. The molecule has 0 aromatic heterocycles. The summed E-state index contributed by atoms with van der Waals surface area (Å²) < 4.78 is 10.2. The molecule has 148 valence electrons. The zero-order valence-corrected chi connectivity index (χ0v) is 15.9. The zero-order valence-electron chi connectivity index (χ0n) is 15.9. The fraction of sp³-hybridized carbons (Fsp3) is 0.286. The molecule has 2 rings (SSSR count). The van der Waals surface area contributed by atoms with Crippen molar-refractivity contribution in [3.05, 3.63) is 59.7 Å². The third-order valence-corrected chi connectivity index (χ3v) is 4.24. The molecule has 2 aromatic carbocycles. The number of hydrogen-bond donors (Lipinski definition) is 2. The van der Waals surface area contributed by atoms with Crippen molar-refractivity contribution in [2.75, 3.05) is 18.5 Å². The maximum atomic E-state index is 12.1. The van der Waals surface area contributed by atoms with Crippen LogP contribution in [0.2, 0.25) is 0 Å². The minimum atomic E-state index is -0.732. The molecule has 0 aliphatic carbocycles. The van der Waals surface area contributed by atoms with Gasteiger partial charge in [0, 0.05) is 5.69 Å². The Morgan fingerprint density at radius 2 is 1.71 bits per heavy atom. The van der Waals surface area contributed by atoms with E-state index < -0.39 is 31.0 Å². The van der Waals surface area contributed by atoms with E-state index in [-0.39, 0.29) is 17.2 Å². The van der Waals surface area contributed by atoms with Gasteiger partial charge < -0.3 is 20.5 Å². The predicted molar refractivity (Wildman–Crippen MR) is 105 cm³/mol. The van der Waals surface area contributed by atoms with Crippen molar-refractivity contribution in [2.24, 2.45) is 5.73 Å². The van der Waals surface area contributed by atoms with Crippen LogP contribution in [0.25, 0.3) is 0 Å². The second-order valence-electron chi connectivity index (χ2n) is 6.25. The van der Waals surface area contributed by atoms with Gasteiger partial charge in [-0.15, -0.1) is 0 Å². The number of anilines is 1. The first-order chi connectivity index (χ1) is 13.4. The molecule has 0 fully saturated rings. The summed E-state index contributed by atoms with van der Waals surface area (Å²) in [6, 6.07) is 13.8. The number of rotatable bonds is 9. The minimum absolute atomic E-state index is 0.162. The van der Waals surface area contributed by atoms with Crippen LogP contribution in [0.1, 0.15) is 42.1 Å². The molecule has 0 unspecified atom stereocenters. The summed E-state index contributed by atoms with van der Waals surface area (Å²) in [7, 11) is 0. The van der Waals surface area contributed by atoms with E-state index in [0.717, 1.165) is 12.0 Å². The van der Waals surface area contributed by atoms with Crippen molar-refractivity contribution in [1.82, 2.24) is 0 Å². The van der Waals surface area contributed by atoms with Gasteiger partial charge in [0.15, 0.2) is 13.2 Å². The smallest absolute Gasteiger partial charge is 0.344 e. The molecule has 0 aliphatic rings. The van der Waals surface area contributed by atoms with Crippen LogP contribution in [-0.2, 0) is 14.3 Å². The van der Waals surface area contributed by atoms with Gasteiger partial charge in [0.05, 0.1) is 5.56 Å². The Kier molecular flexibility index (Phi) is 7.56. The van der Waals surface area contributed by atoms with Crippen molar-refractivity contribution in [2.45, 2.75) is 26.2 Å². The van der Waals surface area contributed by atoms with E-state index in [1.54, 1.807) is 12.1 Å². The number of para-hydroxylation sites is 2. The molecular weight excluding hydrogens is 360 g/mol. The number of nitrogens with two attached hydrogens (primary N) is 1. The Morgan fingerprint density at radius 3 is 2.43 bits per heavy atom. The second-order valence-corrected chi connectivity index (χ2v) is 6.25. The van der Waals surface area contributed by atoms with E-state index in [1.807, 2.05) is 24.3 Å². The summed E-state index contributed by atoms with van der Waals surface area (Å²) in [6.45, 7) is 3.27. The van der Waals surface area contributed by atoms with Crippen LogP contribution < -0.4 is 15.8 Å². The number of ether oxygens (including phenoxy) is 2. The van der Waals surface area contributed by atoms with Gasteiger partial charge in [0.25, 0.3) is 11.8 Å². The zero-order chi connectivity index (χ0) is 20.5. The highest BCUT2D eigenvalue weighted by Gasteiger charge is 2.14.